The number of carbonyl (C=O) groups is 2. The van der Waals surface area contributed by atoms with Crippen molar-refractivity contribution in [1.82, 2.24) is 16.2 Å². The molecule has 1 aliphatic rings. The molecule has 0 bridgehead atoms. The highest BCUT2D eigenvalue weighted by atomic mass is 16.2. The smallest absolute Gasteiger partial charge is 0.330 e. The highest BCUT2D eigenvalue weighted by molar-refractivity contribution is 5.95. The summed E-state index contributed by atoms with van der Waals surface area (Å²) in [4.78, 5) is 23.9. The van der Waals surface area contributed by atoms with E-state index in [0.29, 0.717) is 5.56 Å². The molecule has 2 aromatic carbocycles. The lowest BCUT2D eigenvalue weighted by atomic mass is 9.88. The molecule has 0 saturated carbocycles. The van der Waals surface area contributed by atoms with E-state index in [-0.39, 0.29) is 11.9 Å². The van der Waals surface area contributed by atoms with Crippen LogP contribution in [0.25, 0.3) is 0 Å². The maximum Gasteiger partial charge on any atom is 0.333 e. The Kier molecular flexibility index (Phi) is 4.57. The molecule has 5 heteroatoms. The molecular weight excluding hydrogens is 290 g/mol. The first-order valence-corrected chi connectivity index (χ1v) is 7.74. The van der Waals surface area contributed by atoms with Gasteiger partial charge in [0.15, 0.2) is 0 Å². The molecule has 1 aliphatic carbocycles. The predicted molar refractivity (Wildman–Crippen MR) is 87.7 cm³/mol. The van der Waals surface area contributed by atoms with Crippen molar-refractivity contribution < 1.29 is 9.59 Å². The van der Waals surface area contributed by atoms with Crippen molar-refractivity contribution in [3.63, 3.8) is 0 Å². The van der Waals surface area contributed by atoms with Crippen LogP contribution in [0.3, 0.4) is 0 Å². The van der Waals surface area contributed by atoms with E-state index in [4.69, 9.17) is 0 Å². The van der Waals surface area contributed by atoms with Gasteiger partial charge in [0.05, 0.1) is 6.04 Å². The van der Waals surface area contributed by atoms with E-state index >= 15 is 0 Å². The first-order valence-electron chi connectivity index (χ1n) is 7.74. The van der Waals surface area contributed by atoms with Crippen molar-refractivity contribution >= 4 is 11.9 Å². The first kappa shape index (κ1) is 15.1. The maximum atomic E-state index is 12.0. The van der Waals surface area contributed by atoms with Gasteiger partial charge in [0.1, 0.15) is 0 Å². The zero-order valence-electron chi connectivity index (χ0n) is 12.7. The van der Waals surface area contributed by atoms with E-state index in [9.17, 15) is 9.59 Å². The molecule has 2 aromatic rings. The Morgan fingerprint density at radius 3 is 2.48 bits per heavy atom. The third-order valence-electron chi connectivity index (χ3n) is 4.00. The Morgan fingerprint density at radius 2 is 1.65 bits per heavy atom. The molecule has 0 heterocycles. The minimum atomic E-state index is -0.406. The average molecular weight is 309 g/mol. The zero-order chi connectivity index (χ0) is 16.1. The number of fused-ring (bicyclic) bond motifs is 1. The van der Waals surface area contributed by atoms with Crippen LogP contribution < -0.4 is 16.2 Å². The fourth-order valence-corrected chi connectivity index (χ4v) is 2.87. The molecule has 5 nitrogen and oxygen atoms in total. The monoisotopic (exact) mass is 309 g/mol. The van der Waals surface area contributed by atoms with Gasteiger partial charge in [0, 0.05) is 5.56 Å². The van der Waals surface area contributed by atoms with Gasteiger partial charge in [-0.05, 0) is 42.5 Å². The lowest BCUT2D eigenvalue weighted by Gasteiger charge is -2.26. The summed E-state index contributed by atoms with van der Waals surface area (Å²) in [6.45, 7) is 0. The van der Waals surface area contributed by atoms with Crippen LogP contribution in [0.2, 0.25) is 0 Å². The molecule has 0 aromatic heterocycles. The number of rotatable bonds is 2. The van der Waals surface area contributed by atoms with Crippen LogP contribution in [0.1, 0.15) is 40.4 Å². The fourth-order valence-electron chi connectivity index (χ4n) is 2.87. The number of benzene rings is 2. The number of hydrogen-bond acceptors (Lipinski definition) is 2. The van der Waals surface area contributed by atoms with E-state index in [1.165, 1.54) is 5.56 Å². The third kappa shape index (κ3) is 3.69. The summed E-state index contributed by atoms with van der Waals surface area (Å²) >= 11 is 0. The van der Waals surface area contributed by atoms with E-state index < -0.39 is 6.03 Å². The molecular formula is C18H19N3O2. The van der Waals surface area contributed by atoms with E-state index in [2.05, 4.69) is 22.2 Å². The lowest BCUT2D eigenvalue weighted by molar-refractivity contribution is 0.0935. The fraction of sp³-hybridized carbons (Fsp3) is 0.222. The molecule has 0 unspecified atom stereocenters. The molecule has 3 amide bonds. The molecule has 0 saturated heterocycles. The average Bonchev–Trinajstić information content (AvgIpc) is 2.61. The first-order chi connectivity index (χ1) is 11.2. The van der Waals surface area contributed by atoms with Gasteiger partial charge in [-0.2, -0.15) is 0 Å². The van der Waals surface area contributed by atoms with Gasteiger partial charge in [-0.25, -0.2) is 10.2 Å². The molecule has 0 radical (unpaired) electrons. The summed E-state index contributed by atoms with van der Waals surface area (Å²) in [5.74, 6) is -0.343. The lowest BCUT2D eigenvalue weighted by Crippen LogP contribution is -2.48. The Hall–Kier alpha value is -2.82. The van der Waals surface area contributed by atoms with Crippen LogP contribution in [0.4, 0.5) is 4.79 Å². The van der Waals surface area contributed by atoms with E-state index in [0.717, 1.165) is 24.8 Å². The highest BCUT2D eigenvalue weighted by Gasteiger charge is 2.21. The van der Waals surface area contributed by atoms with Crippen LogP contribution in [-0.4, -0.2) is 11.9 Å². The summed E-state index contributed by atoms with van der Waals surface area (Å²) in [5, 5.41) is 2.92. The number of urea groups is 1. The molecule has 118 valence electrons. The Bertz CT molecular complexity index is 700. The van der Waals surface area contributed by atoms with Crippen molar-refractivity contribution in [3.05, 3.63) is 71.3 Å². The Labute approximate surface area is 135 Å². The summed E-state index contributed by atoms with van der Waals surface area (Å²) in [7, 11) is 0. The number of hydrogen-bond donors (Lipinski definition) is 3. The molecule has 1 atom stereocenters. The summed E-state index contributed by atoms with van der Waals surface area (Å²) in [6.07, 6.45) is 2.98. The van der Waals surface area contributed by atoms with Crippen molar-refractivity contribution in [2.45, 2.75) is 25.3 Å². The summed E-state index contributed by atoms with van der Waals surface area (Å²) in [6, 6.07) is 16.5. The minimum Gasteiger partial charge on any atom is -0.330 e. The Balaban J connectivity index is 1.55. The van der Waals surface area contributed by atoms with Crippen LogP contribution >= 0.6 is 0 Å². The third-order valence-corrected chi connectivity index (χ3v) is 4.00. The summed E-state index contributed by atoms with van der Waals surface area (Å²) in [5.41, 5.74) is 7.75. The number of carbonyl (C=O) groups excluding carboxylic acids is 2. The summed E-state index contributed by atoms with van der Waals surface area (Å²) < 4.78 is 0. The second-order valence-electron chi connectivity index (χ2n) is 5.56. The molecule has 0 spiro atoms. The van der Waals surface area contributed by atoms with Gasteiger partial charge < -0.3 is 5.32 Å². The van der Waals surface area contributed by atoms with Gasteiger partial charge in [-0.1, -0.05) is 42.5 Å². The van der Waals surface area contributed by atoms with Crippen molar-refractivity contribution in [2.75, 3.05) is 0 Å². The molecule has 23 heavy (non-hydrogen) atoms. The molecule has 3 rings (SSSR count). The molecule has 0 aliphatic heterocycles. The van der Waals surface area contributed by atoms with Gasteiger partial charge >= 0.3 is 6.03 Å². The maximum absolute atomic E-state index is 12.0. The van der Waals surface area contributed by atoms with Crippen molar-refractivity contribution in [2.24, 2.45) is 0 Å². The standard InChI is InChI=1S/C18H19N3O2/c22-17(14-8-2-1-3-9-14)20-21-18(23)19-16-12-6-10-13-7-4-5-11-15(13)16/h1-5,7-9,11,16H,6,10,12H2,(H,20,22)(H2,19,21,23)/t16-/m0/s1. The van der Waals surface area contributed by atoms with Crippen molar-refractivity contribution in [3.8, 4) is 0 Å². The normalized spacial score (nSPS) is 16.1. The molecule has 3 N–H and O–H groups in total. The number of aryl methyl sites for hydroxylation is 1. The van der Waals surface area contributed by atoms with Crippen LogP contribution in [0.15, 0.2) is 54.6 Å². The molecule has 0 fully saturated rings. The van der Waals surface area contributed by atoms with Gasteiger partial charge in [0.25, 0.3) is 5.91 Å². The van der Waals surface area contributed by atoms with Gasteiger partial charge in [0.2, 0.25) is 0 Å². The quantitative estimate of drug-likeness (QED) is 0.747. The SMILES string of the molecule is O=C(NNC(=O)c1ccccc1)N[C@H]1CCCc2ccccc21. The zero-order valence-corrected chi connectivity index (χ0v) is 12.7. The minimum absolute atomic E-state index is 0.0198. The largest absolute Gasteiger partial charge is 0.333 e. The van der Waals surface area contributed by atoms with Crippen LogP contribution in [0.5, 0.6) is 0 Å². The number of nitrogens with one attached hydrogen (secondary N) is 3. The van der Waals surface area contributed by atoms with Crippen molar-refractivity contribution in [1.29, 1.82) is 0 Å². The number of hydrazine groups is 1. The second kappa shape index (κ2) is 6.96. The van der Waals surface area contributed by atoms with E-state index in [1.54, 1.807) is 24.3 Å². The number of amides is 3. The van der Waals surface area contributed by atoms with E-state index in [1.807, 2.05) is 24.3 Å². The topological polar surface area (TPSA) is 70.2 Å². The van der Waals surface area contributed by atoms with Gasteiger partial charge in [-0.3, -0.25) is 10.2 Å². The van der Waals surface area contributed by atoms with Crippen LogP contribution in [-0.2, 0) is 6.42 Å². The second-order valence-corrected chi connectivity index (χ2v) is 5.56. The predicted octanol–water partition coefficient (Wildman–Crippen LogP) is 2.71. The van der Waals surface area contributed by atoms with Gasteiger partial charge in [-0.15, -0.1) is 0 Å². The highest BCUT2D eigenvalue weighted by Crippen LogP contribution is 2.29. The Morgan fingerprint density at radius 1 is 0.913 bits per heavy atom. The van der Waals surface area contributed by atoms with Crippen LogP contribution in [0, 0.1) is 0 Å².